The third kappa shape index (κ3) is 3.95. The van der Waals surface area contributed by atoms with E-state index in [0.29, 0.717) is 17.1 Å². The molecule has 2 aliphatic heterocycles. The molecule has 2 heterocycles. The molecule has 0 radical (unpaired) electrons. The fourth-order valence-electron chi connectivity index (χ4n) is 2.80. The van der Waals surface area contributed by atoms with Crippen molar-refractivity contribution in [2.45, 2.75) is 20.0 Å². The monoisotopic (exact) mass is 320 g/mol. The minimum absolute atomic E-state index is 0.0568. The number of rotatable bonds is 5. The Morgan fingerprint density at radius 2 is 1.91 bits per heavy atom. The maximum absolute atomic E-state index is 12.6. The second-order valence-corrected chi connectivity index (χ2v) is 6.12. The number of ether oxygens (including phenoxy) is 3. The van der Waals surface area contributed by atoms with Crippen LogP contribution in [0.5, 0.6) is 11.5 Å². The van der Waals surface area contributed by atoms with Crippen molar-refractivity contribution >= 4 is 5.91 Å². The topological polar surface area (TPSA) is 51.2 Å². The van der Waals surface area contributed by atoms with E-state index < -0.39 is 0 Å². The highest BCUT2D eigenvalue weighted by molar-refractivity contribution is 5.95. The molecule has 126 valence electrons. The van der Waals surface area contributed by atoms with Gasteiger partial charge in [0.15, 0.2) is 11.5 Å². The number of nitrogens with zero attached hydrogens (tertiary/aromatic N) is 2. The predicted octanol–water partition coefficient (Wildman–Crippen LogP) is 1.60. The SMILES string of the molecule is CC(C)OCCN1CCN(C(=O)c2ccc3c(c2)OCO3)CC1. The number of benzene rings is 1. The van der Waals surface area contributed by atoms with Crippen molar-refractivity contribution in [2.75, 3.05) is 46.1 Å². The molecule has 1 aromatic carbocycles. The molecule has 1 saturated heterocycles. The number of piperazine rings is 1. The fraction of sp³-hybridized carbons (Fsp3) is 0.588. The molecule has 0 saturated carbocycles. The molecule has 0 aliphatic carbocycles. The van der Waals surface area contributed by atoms with Gasteiger partial charge >= 0.3 is 0 Å². The van der Waals surface area contributed by atoms with E-state index >= 15 is 0 Å². The Morgan fingerprint density at radius 1 is 1.17 bits per heavy atom. The van der Waals surface area contributed by atoms with E-state index in [-0.39, 0.29) is 18.8 Å². The number of carbonyl (C=O) groups is 1. The lowest BCUT2D eigenvalue weighted by atomic mass is 10.1. The third-order valence-corrected chi connectivity index (χ3v) is 4.14. The summed E-state index contributed by atoms with van der Waals surface area (Å²) in [7, 11) is 0. The maximum Gasteiger partial charge on any atom is 0.254 e. The van der Waals surface area contributed by atoms with E-state index in [1.54, 1.807) is 18.2 Å². The molecule has 3 rings (SSSR count). The molecule has 0 bridgehead atoms. The van der Waals surface area contributed by atoms with Crippen molar-refractivity contribution < 1.29 is 19.0 Å². The van der Waals surface area contributed by atoms with Crippen LogP contribution in [0.15, 0.2) is 18.2 Å². The van der Waals surface area contributed by atoms with E-state index in [1.165, 1.54) is 0 Å². The lowest BCUT2D eigenvalue weighted by Crippen LogP contribution is -2.49. The van der Waals surface area contributed by atoms with Crippen LogP contribution in [0.4, 0.5) is 0 Å². The predicted molar refractivity (Wildman–Crippen MR) is 86.0 cm³/mol. The summed E-state index contributed by atoms with van der Waals surface area (Å²) in [5, 5.41) is 0. The molecule has 0 aromatic heterocycles. The smallest absolute Gasteiger partial charge is 0.254 e. The molecule has 0 atom stereocenters. The minimum atomic E-state index is 0.0568. The first-order valence-corrected chi connectivity index (χ1v) is 8.16. The van der Waals surface area contributed by atoms with E-state index in [4.69, 9.17) is 14.2 Å². The van der Waals surface area contributed by atoms with Crippen LogP contribution in [0.25, 0.3) is 0 Å². The number of fused-ring (bicyclic) bond motifs is 1. The molecular weight excluding hydrogens is 296 g/mol. The van der Waals surface area contributed by atoms with Crippen molar-refractivity contribution in [1.82, 2.24) is 9.80 Å². The van der Waals surface area contributed by atoms with Crippen molar-refractivity contribution in [1.29, 1.82) is 0 Å². The lowest BCUT2D eigenvalue weighted by molar-refractivity contribution is 0.0407. The molecule has 1 aromatic rings. The summed E-state index contributed by atoms with van der Waals surface area (Å²) >= 11 is 0. The first-order valence-electron chi connectivity index (χ1n) is 8.16. The van der Waals surface area contributed by atoms with Gasteiger partial charge in [-0.25, -0.2) is 0 Å². The van der Waals surface area contributed by atoms with E-state index in [2.05, 4.69) is 4.90 Å². The molecule has 6 nitrogen and oxygen atoms in total. The zero-order valence-electron chi connectivity index (χ0n) is 13.8. The van der Waals surface area contributed by atoms with E-state index in [0.717, 1.165) is 39.3 Å². The highest BCUT2D eigenvalue weighted by atomic mass is 16.7. The van der Waals surface area contributed by atoms with Crippen molar-refractivity contribution in [2.24, 2.45) is 0 Å². The standard InChI is InChI=1S/C17H24N2O4/c1-13(2)21-10-9-18-5-7-19(8-6-18)17(20)14-3-4-15-16(11-14)23-12-22-15/h3-4,11,13H,5-10,12H2,1-2H3. The van der Waals surface area contributed by atoms with Gasteiger partial charge in [-0.1, -0.05) is 0 Å². The van der Waals surface area contributed by atoms with Crippen LogP contribution in [-0.2, 0) is 4.74 Å². The van der Waals surface area contributed by atoms with Crippen LogP contribution < -0.4 is 9.47 Å². The summed E-state index contributed by atoms with van der Waals surface area (Å²) in [5.74, 6) is 1.42. The Morgan fingerprint density at radius 3 is 2.65 bits per heavy atom. The number of amides is 1. The van der Waals surface area contributed by atoms with Crippen molar-refractivity contribution in [3.05, 3.63) is 23.8 Å². The first kappa shape index (κ1) is 16.1. The molecule has 23 heavy (non-hydrogen) atoms. The largest absolute Gasteiger partial charge is 0.454 e. The average Bonchev–Trinajstić information content (AvgIpc) is 3.02. The fourth-order valence-corrected chi connectivity index (χ4v) is 2.80. The Kier molecular flexibility index (Phi) is 5.03. The molecule has 6 heteroatoms. The first-order chi connectivity index (χ1) is 11.1. The van der Waals surface area contributed by atoms with Gasteiger partial charge in [0.05, 0.1) is 12.7 Å². The highest BCUT2D eigenvalue weighted by Gasteiger charge is 2.24. The summed E-state index contributed by atoms with van der Waals surface area (Å²) < 4.78 is 16.2. The molecular formula is C17H24N2O4. The van der Waals surface area contributed by atoms with Gasteiger partial charge in [0.2, 0.25) is 6.79 Å². The van der Waals surface area contributed by atoms with Gasteiger partial charge in [-0.2, -0.15) is 0 Å². The van der Waals surface area contributed by atoms with E-state index in [9.17, 15) is 4.79 Å². The van der Waals surface area contributed by atoms with Crippen LogP contribution >= 0.6 is 0 Å². The van der Waals surface area contributed by atoms with Crippen molar-refractivity contribution in [3.63, 3.8) is 0 Å². The van der Waals surface area contributed by atoms with Crippen LogP contribution in [0, 0.1) is 0 Å². The van der Waals surface area contributed by atoms with Crippen LogP contribution in [0.1, 0.15) is 24.2 Å². The summed E-state index contributed by atoms with van der Waals surface area (Å²) in [6, 6.07) is 5.38. The zero-order valence-corrected chi connectivity index (χ0v) is 13.8. The Hall–Kier alpha value is -1.79. The molecule has 0 spiro atoms. The second-order valence-electron chi connectivity index (χ2n) is 6.12. The molecule has 0 N–H and O–H groups in total. The number of hydrogen-bond acceptors (Lipinski definition) is 5. The Balaban J connectivity index is 1.50. The highest BCUT2D eigenvalue weighted by Crippen LogP contribution is 2.32. The lowest BCUT2D eigenvalue weighted by Gasteiger charge is -2.34. The van der Waals surface area contributed by atoms with Gasteiger partial charge in [-0.05, 0) is 32.0 Å². The van der Waals surface area contributed by atoms with Gasteiger partial charge in [0.1, 0.15) is 0 Å². The van der Waals surface area contributed by atoms with Gasteiger partial charge < -0.3 is 19.1 Å². The van der Waals surface area contributed by atoms with Gasteiger partial charge in [-0.3, -0.25) is 9.69 Å². The number of carbonyl (C=O) groups excluding carboxylic acids is 1. The van der Waals surface area contributed by atoms with Gasteiger partial charge in [0, 0.05) is 38.3 Å². The zero-order chi connectivity index (χ0) is 16.2. The maximum atomic E-state index is 12.6. The Bertz CT molecular complexity index is 554. The second kappa shape index (κ2) is 7.19. The van der Waals surface area contributed by atoms with E-state index in [1.807, 2.05) is 18.7 Å². The van der Waals surface area contributed by atoms with Crippen molar-refractivity contribution in [3.8, 4) is 11.5 Å². The summed E-state index contributed by atoms with van der Waals surface area (Å²) in [6.07, 6.45) is 0.267. The average molecular weight is 320 g/mol. The summed E-state index contributed by atoms with van der Waals surface area (Å²) in [6.45, 7) is 9.24. The summed E-state index contributed by atoms with van der Waals surface area (Å²) in [5.41, 5.74) is 0.658. The molecule has 2 aliphatic rings. The normalized spacial score (nSPS) is 17.8. The van der Waals surface area contributed by atoms with Crippen LogP contribution in [0.3, 0.4) is 0 Å². The number of hydrogen-bond donors (Lipinski definition) is 0. The Labute approximate surface area is 136 Å². The minimum Gasteiger partial charge on any atom is -0.454 e. The molecule has 1 fully saturated rings. The quantitative estimate of drug-likeness (QED) is 0.825. The van der Waals surface area contributed by atoms with Gasteiger partial charge in [0.25, 0.3) is 5.91 Å². The molecule has 1 amide bonds. The summed E-state index contributed by atoms with van der Waals surface area (Å²) in [4.78, 5) is 16.8. The van der Waals surface area contributed by atoms with Gasteiger partial charge in [-0.15, -0.1) is 0 Å². The third-order valence-electron chi connectivity index (χ3n) is 4.14. The van der Waals surface area contributed by atoms with Crippen LogP contribution in [-0.4, -0.2) is 67.9 Å². The van der Waals surface area contributed by atoms with Crippen LogP contribution in [0.2, 0.25) is 0 Å². The molecule has 0 unspecified atom stereocenters.